The Morgan fingerprint density at radius 3 is 3.10 bits per heavy atom. The molecule has 21 heavy (non-hydrogen) atoms. The van der Waals surface area contributed by atoms with Gasteiger partial charge in [0.2, 0.25) is 11.7 Å². The maximum absolute atomic E-state index is 5.38. The van der Waals surface area contributed by atoms with Crippen molar-refractivity contribution < 1.29 is 4.52 Å². The van der Waals surface area contributed by atoms with Crippen LogP contribution in [0.25, 0.3) is 11.5 Å². The number of pyridine rings is 1. The Hall–Kier alpha value is -1.79. The minimum absolute atomic E-state index is 0.550. The van der Waals surface area contributed by atoms with Crippen molar-refractivity contribution in [3.8, 4) is 11.5 Å². The van der Waals surface area contributed by atoms with E-state index in [0.29, 0.717) is 24.3 Å². The van der Waals surface area contributed by atoms with E-state index in [9.17, 15) is 0 Å². The fourth-order valence-electron chi connectivity index (χ4n) is 2.74. The molecule has 0 amide bonds. The van der Waals surface area contributed by atoms with E-state index in [1.807, 2.05) is 18.2 Å². The van der Waals surface area contributed by atoms with Crippen LogP contribution >= 0.6 is 0 Å². The van der Waals surface area contributed by atoms with Crippen molar-refractivity contribution in [2.24, 2.45) is 0 Å². The van der Waals surface area contributed by atoms with Gasteiger partial charge in [0, 0.05) is 18.8 Å². The molecule has 1 aliphatic rings. The number of likely N-dealkylation sites (N-methyl/N-ethyl adjacent to an activating group) is 1. The van der Waals surface area contributed by atoms with Gasteiger partial charge >= 0.3 is 0 Å². The van der Waals surface area contributed by atoms with Crippen LogP contribution in [0.4, 0.5) is 0 Å². The summed E-state index contributed by atoms with van der Waals surface area (Å²) in [6.45, 7) is 6.01. The van der Waals surface area contributed by atoms with Gasteiger partial charge in [0.1, 0.15) is 5.69 Å². The monoisotopic (exact) mass is 287 g/mol. The quantitative estimate of drug-likeness (QED) is 0.903. The van der Waals surface area contributed by atoms with E-state index >= 15 is 0 Å². The summed E-state index contributed by atoms with van der Waals surface area (Å²) in [5.74, 6) is 1.21. The highest BCUT2D eigenvalue weighted by molar-refractivity contribution is 5.46. The third-order valence-corrected chi connectivity index (χ3v) is 3.89. The van der Waals surface area contributed by atoms with Crippen LogP contribution < -0.4 is 5.32 Å². The molecule has 1 unspecified atom stereocenters. The molecule has 6 nitrogen and oxygen atoms in total. The molecular weight excluding hydrogens is 266 g/mol. The van der Waals surface area contributed by atoms with E-state index in [2.05, 4.69) is 32.3 Å². The average Bonchev–Trinajstić information content (AvgIpc) is 3.03. The summed E-state index contributed by atoms with van der Waals surface area (Å²) in [6.07, 6.45) is 4.18. The number of hydrogen-bond donors (Lipinski definition) is 1. The van der Waals surface area contributed by atoms with Crippen LogP contribution in [0.5, 0.6) is 0 Å². The molecule has 1 saturated heterocycles. The van der Waals surface area contributed by atoms with E-state index in [1.165, 1.54) is 12.8 Å². The summed E-state index contributed by atoms with van der Waals surface area (Å²) in [5.41, 5.74) is 0.745. The lowest BCUT2D eigenvalue weighted by atomic mass is 10.1. The highest BCUT2D eigenvalue weighted by atomic mass is 16.5. The average molecular weight is 287 g/mol. The third-order valence-electron chi connectivity index (χ3n) is 3.89. The molecular formula is C15H21N5O. The van der Waals surface area contributed by atoms with Crippen molar-refractivity contribution in [1.29, 1.82) is 0 Å². The van der Waals surface area contributed by atoms with Gasteiger partial charge in [0.05, 0.1) is 6.54 Å². The van der Waals surface area contributed by atoms with Crippen LogP contribution in [-0.2, 0) is 6.54 Å². The number of nitrogens with zero attached hydrogens (tertiary/aromatic N) is 4. The van der Waals surface area contributed by atoms with Gasteiger partial charge in [-0.2, -0.15) is 4.98 Å². The third kappa shape index (κ3) is 3.46. The number of nitrogens with one attached hydrogen (secondary N) is 1. The highest BCUT2D eigenvalue weighted by Gasteiger charge is 2.22. The predicted molar refractivity (Wildman–Crippen MR) is 79.5 cm³/mol. The molecule has 0 radical (unpaired) electrons. The van der Waals surface area contributed by atoms with Crippen LogP contribution in [0, 0.1) is 0 Å². The second-order valence-corrected chi connectivity index (χ2v) is 5.29. The molecule has 1 atom stereocenters. The number of rotatable bonds is 5. The fraction of sp³-hybridized carbons (Fsp3) is 0.533. The lowest BCUT2D eigenvalue weighted by Gasteiger charge is -2.32. The second-order valence-electron chi connectivity index (χ2n) is 5.29. The summed E-state index contributed by atoms with van der Waals surface area (Å²) in [4.78, 5) is 11.1. The van der Waals surface area contributed by atoms with Crippen molar-refractivity contribution in [1.82, 2.24) is 25.3 Å². The zero-order valence-electron chi connectivity index (χ0n) is 12.3. The van der Waals surface area contributed by atoms with E-state index in [0.717, 1.165) is 25.3 Å². The summed E-state index contributed by atoms with van der Waals surface area (Å²) < 4.78 is 5.38. The van der Waals surface area contributed by atoms with Gasteiger partial charge in [0.15, 0.2) is 0 Å². The topological polar surface area (TPSA) is 67.1 Å². The van der Waals surface area contributed by atoms with Gasteiger partial charge < -0.3 is 9.84 Å². The Morgan fingerprint density at radius 2 is 2.38 bits per heavy atom. The van der Waals surface area contributed by atoms with Crippen molar-refractivity contribution >= 4 is 0 Å². The summed E-state index contributed by atoms with van der Waals surface area (Å²) in [6, 6.07) is 6.23. The predicted octanol–water partition coefficient (Wildman–Crippen LogP) is 1.71. The standard InChI is InChI=1S/C15H21N5O/c1-2-20(12-6-5-8-16-10-12)11-14-18-15(19-21-14)13-7-3-4-9-17-13/h3-4,7,9,12,16H,2,5-6,8,10-11H2,1H3. The van der Waals surface area contributed by atoms with Gasteiger partial charge in [-0.15, -0.1) is 0 Å². The van der Waals surface area contributed by atoms with Crippen LogP contribution in [0.15, 0.2) is 28.9 Å². The number of piperidine rings is 1. The smallest absolute Gasteiger partial charge is 0.241 e. The number of aromatic nitrogens is 3. The first kappa shape index (κ1) is 14.2. The zero-order valence-corrected chi connectivity index (χ0v) is 12.3. The molecule has 0 aromatic carbocycles. The van der Waals surface area contributed by atoms with Crippen LogP contribution in [0.1, 0.15) is 25.7 Å². The lowest BCUT2D eigenvalue weighted by molar-refractivity contribution is 0.147. The molecule has 6 heteroatoms. The Balaban J connectivity index is 1.68. The highest BCUT2D eigenvalue weighted by Crippen LogP contribution is 2.16. The molecule has 1 fully saturated rings. The van der Waals surface area contributed by atoms with Crippen LogP contribution in [0.2, 0.25) is 0 Å². The van der Waals surface area contributed by atoms with Crippen molar-refractivity contribution in [2.75, 3.05) is 19.6 Å². The summed E-state index contributed by atoms with van der Waals surface area (Å²) >= 11 is 0. The normalized spacial score (nSPS) is 19.0. The summed E-state index contributed by atoms with van der Waals surface area (Å²) in [7, 11) is 0. The van der Waals surface area contributed by atoms with Crippen molar-refractivity contribution in [3.05, 3.63) is 30.3 Å². The minimum Gasteiger partial charge on any atom is -0.337 e. The van der Waals surface area contributed by atoms with E-state index in [1.54, 1.807) is 6.20 Å². The molecule has 0 spiro atoms. The first-order valence-electron chi connectivity index (χ1n) is 7.55. The Bertz CT molecular complexity index is 550. The number of hydrogen-bond acceptors (Lipinski definition) is 6. The minimum atomic E-state index is 0.550. The summed E-state index contributed by atoms with van der Waals surface area (Å²) in [5, 5.41) is 7.48. The molecule has 112 valence electrons. The molecule has 2 aromatic rings. The van der Waals surface area contributed by atoms with Gasteiger partial charge in [-0.05, 0) is 38.1 Å². The van der Waals surface area contributed by atoms with Gasteiger partial charge in [0.25, 0.3) is 0 Å². The van der Waals surface area contributed by atoms with Gasteiger partial charge in [-0.3, -0.25) is 9.88 Å². The maximum Gasteiger partial charge on any atom is 0.241 e. The SMILES string of the molecule is CCN(Cc1nc(-c2ccccn2)no1)C1CCCNC1. The van der Waals surface area contributed by atoms with Crippen molar-refractivity contribution in [3.63, 3.8) is 0 Å². The Labute approximate surface area is 124 Å². The van der Waals surface area contributed by atoms with E-state index < -0.39 is 0 Å². The van der Waals surface area contributed by atoms with Crippen LogP contribution in [-0.4, -0.2) is 45.7 Å². The van der Waals surface area contributed by atoms with Crippen LogP contribution in [0.3, 0.4) is 0 Å². The second kappa shape index (κ2) is 6.78. The molecule has 0 saturated carbocycles. The van der Waals surface area contributed by atoms with Gasteiger partial charge in [-0.25, -0.2) is 0 Å². The molecule has 0 bridgehead atoms. The molecule has 1 aliphatic heterocycles. The Morgan fingerprint density at radius 1 is 1.43 bits per heavy atom. The molecule has 1 N–H and O–H groups in total. The first-order chi connectivity index (χ1) is 10.4. The van der Waals surface area contributed by atoms with Gasteiger partial charge in [-0.1, -0.05) is 18.1 Å². The molecule has 3 heterocycles. The molecule has 0 aliphatic carbocycles. The zero-order chi connectivity index (χ0) is 14.5. The first-order valence-corrected chi connectivity index (χ1v) is 7.55. The van der Waals surface area contributed by atoms with E-state index in [-0.39, 0.29) is 0 Å². The largest absolute Gasteiger partial charge is 0.337 e. The Kier molecular flexibility index (Phi) is 4.57. The maximum atomic E-state index is 5.38. The van der Waals surface area contributed by atoms with Crippen molar-refractivity contribution in [2.45, 2.75) is 32.4 Å². The molecule has 3 rings (SSSR count). The molecule has 2 aromatic heterocycles. The lowest BCUT2D eigenvalue weighted by Crippen LogP contribution is -2.45. The fourth-order valence-corrected chi connectivity index (χ4v) is 2.74. The van der Waals surface area contributed by atoms with E-state index in [4.69, 9.17) is 4.52 Å².